The third kappa shape index (κ3) is 5.49. The molecule has 1 fully saturated rings. The zero-order chi connectivity index (χ0) is 19.9. The molecule has 0 bridgehead atoms. The second-order valence-corrected chi connectivity index (χ2v) is 6.58. The van der Waals surface area contributed by atoms with Crippen LogP contribution in [0, 0.1) is 11.6 Å². The van der Waals surface area contributed by atoms with Gasteiger partial charge in [0.1, 0.15) is 12.4 Å². The highest BCUT2D eigenvalue weighted by molar-refractivity contribution is 5.92. The summed E-state index contributed by atoms with van der Waals surface area (Å²) in [5.41, 5.74) is 0.178. The molecule has 0 saturated carbocycles. The average molecular weight is 395 g/mol. The Morgan fingerprint density at radius 2 is 2.04 bits per heavy atom. The predicted octanol–water partition coefficient (Wildman–Crippen LogP) is 2.33. The molecule has 1 amide bonds. The largest absolute Gasteiger partial charge is 0.485 e. The van der Waals surface area contributed by atoms with Crippen LogP contribution in [0.3, 0.4) is 0 Å². The molecule has 1 aliphatic rings. The van der Waals surface area contributed by atoms with Crippen molar-refractivity contribution in [2.24, 2.45) is 0 Å². The van der Waals surface area contributed by atoms with Crippen LogP contribution < -0.4 is 4.74 Å². The molecule has 2 heterocycles. The lowest BCUT2D eigenvalue weighted by atomic mass is 10.3. The summed E-state index contributed by atoms with van der Waals surface area (Å²) in [4.78, 5) is 16.3. The van der Waals surface area contributed by atoms with Crippen molar-refractivity contribution in [1.82, 2.24) is 15.0 Å². The number of hydrogen-bond acceptors (Lipinski definition) is 6. The van der Waals surface area contributed by atoms with E-state index in [1.54, 1.807) is 11.9 Å². The molecule has 1 aromatic heterocycles. The van der Waals surface area contributed by atoms with Crippen molar-refractivity contribution in [3.8, 4) is 5.75 Å². The number of hydrogen-bond donors (Lipinski definition) is 0. The lowest BCUT2D eigenvalue weighted by Crippen LogP contribution is -2.38. The number of morpholine rings is 1. The van der Waals surface area contributed by atoms with Gasteiger partial charge in [0, 0.05) is 45.4 Å². The first-order valence-electron chi connectivity index (χ1n) is 9.12. The number of rotatable bonds is 8. The highest BCUT2D eigenvalue weighted by Crippen LogP contribution is 2.17. The number of amides is 1. The van der Waals surface area contributed by atoms with Gasteiger partial charge in [-0.2, -0.15) is 0 Å². The molecule has 2 aromatic rings. The minimum absolute atomic E-state index is 0.0495. The van der Waals surface area contributed by atoms with E-state index in [0.717, 1.165) is 51.4 Å². The Hall–Kier alpha value is -2.52. The van der Waals surface area contributed by atoms with Crippen molar-refractivity contribution < 1.29 is 27.6 Å². The van der Waals surface area contributed by atoms with E-state index in [-0.39, 0.29) is 24.0 Å². The summed E-state index contributed by atoms with van der Waals surface area (Å²) < 4.78 is 41.8. The molecule has 0 radical (unpaired) electrons. The number of halogens is 2. The standard InChI is InChI=1S/C19H23F2N3O4/c1-23(5-2-6-24-7-9-26-10-8-24)19(25)18-12-15(28-22-18)13-27-14-3-4-16(20)17(21)11-14/h3-4,11-12H,2,5-10,13H2,1H3. The van der Waals surface area contributed by atoms with E-state index in [4.69, 9.17) is 14.0 Å². The third-order valence-electron chi connectivity index (χ3n) is 4.47. The van der Waals surface area contributed by atoms with Crippen molar-refractivity contribution in [3.63, 3.8) is 0 Å². The van der Waals surface area contributed by atoms with Gasteiger partial charge in [-0.25, -0.2) is 8.78 Å². The molecule has 28 heavy (non-hydrogen) atoms. The van der Waals surface area contributed by atoms with Crippen molar-refractivity contribution >= 4 is 5.91 Å². The number of aromatic nitrogens is 1. The number of nitrogens with zero attached hydrogens (tertiary/aromatic N) is 3. The Balaban J connectivity index is 1.45. The number of benzene rings is 1. The van der Waals surface area contributed by atoms with Crippen LogP contribution in [-0.4, -0.2) is 67.3 Å². The van der Waals surface area contributed by atoms with E-state index in [0.29, 0.717) is 12.3 Å². The summed E-state index contributed by atoms with van der Waals surface area (Å²) in [5, 5.41) is 3.77. The highest BCUT2D eigenvalue weighted by atomic mass is 19.2. The second-order valence-electron chi connectivity index (χ2n) is 6.58. The Labute approximate surface area is 161 Å². The van der Waals surface area contributed by atoms with Gasteiger partial charge >= 0.3 is 0 Å². The van der Waals surface area contributed by atoms with Crippen LogP contribution in [0.25, 0.3) is 0 Å². The summed E-state index contributed by atoms with van der Waals surface area (Å²) in [6.07, 6.45) is 0.853. The van der Waals surface area contributed by atoms with Crippen LogP contribution >= 0.6 is 0 Å². The van der Waals surface area contributed by atoms with Gasteiger partial charge < -0.3 is 18.9 Å². The summed E-state index contributed by atoms with van der Waals surface area (Å²) in [5.74, 6) is -1.72. The molecule has 3 rings (SSSR count). The van der Waals surface area contributed by atoms with Crippen molar-refractivity contribution in [2.45, 2.75) is 13.0 Å². The fourth-order valence-corrected chi connectivity index (χ4v) is 2.86. The van der Waals surface area contributed by atoms with Gasteiger partial charge in [0.15, 0.2) is 23.1 Å². The quantitative estimate of drug-likeness (QED) is 0.684. The summed E-state index contributed by atoms with van der Waals surface area (Å²) in [6, 6.07) is 4.72. The van der Waals surface area contributed by atoms with Crippen molar-refractivity contribution in [3.05, 3.63) is 47.4 Å². The van der Waals surface area contributed by atoms with Gasteiger partial charge in [-0.3, -0.25) is 9.69 Å². The molecular weight excluding hydrogens is 372 g/mol. The van der Waals surface area contributed by atoms with Gasteiger partial charge in [-0.15, -0.1) is 0 Å². The molecule has 0 spiro atoms. The topological polar surface area (TPSA) is 68.0 Å². The maximum absolute atomic E-state index is 13.2. The van der Waals surface area contributed by atoms with Crippen LogP contribution in [0.4, 0.5) is 8.78 Å². The fourth-order valence-electron chi connectivity index (χ4n) is 2.86. The molecule has 1 aromatic carbocycles. The molecule has 9 heteroatoms. The van der Waals surface area contributed by atoms with E-state index in [1.807, 2.05) is 0 Å². The second kappa shape index (κ2) is 9.61. The highest BCUT2D eigenvalue weighted by Gasteiger charge is 2.18. The first kappa shape index (κ1) is 20.2. The first-order chi connectivity index (χ1) is 13.5. The number of carbonyl (C=O) groups is 1. The first-order valence-corrected chi connectivity index (χ1v) is 9.12. The van der Waals surface area contributed by atoms with Gasteiger partial charge in [-0.1, -0.05) is 5.16 Å². The molecule has 0 aliphatic carbocycles. The smallest absolute Gasteiger partial charge is 0.275 e. The zero-order valence-electron chi connectivity index (χ0n) is 15.7. The van der Waals surface area contributed by atoms with Gasteiger partial charge in [0.25, 0.3) is 5.91 Å². The van der Waals surface area contributed by atoms with Crippen molar-refractivity contribution in [2.75, 3.05) is 46.4 Å². The maximum Gasteiger partial charge on any atom is 0.275 e. The zero-order valence-corrected chi connectivity index (χ0v) is 15.7. The molecule has 152 valence electrons. The molecular formula is C19H23F2N3O4. The van der Waals surface area contributed by atoms with E-state index < -0.39 is 11.6 Å². The molecule has 1 saturated heterocycles. The number of carbonyl (C=O) groups excluding carboxylic acids is 1. The fraction of sp³-hybridized carbons (Fsp3) is 0.474. The van der Waals surface area contributed by atoms with Crippen LogP contribution in [0.5, 0.6) is 5.75 Å². The molecule has 7 nitrogen and oxygen atoms in total. The van der Waals surface area contributed by atoms with E-state index in [2.05, 4.69) is 10.1 Å². The van der Waals surface area contributed by atoms with Gasteiger partial charge in [0.2, 0.25) is 0 Å². The average Bonchev–Trinajstić information content (AvgIpc) is 3.18. The summed E-state index contributed by atoms with van der Waals surface area (Å²) in [6.45, 7) is 4.81. The lowest BCUT2D eigenvalue weighted by molar-refractivity contribution is 0.0361. The van der Waals surface area contributed by atoms with E-state index in [9.17, 15) is 13.6 Å². The summed E-state index contributed by atoms with van der Waals surface area (Å²) in [7, 11) is 1.72. The minimum atomic E-state index is -0.996. The van der Waals surface area contributed by atoms with Crippen molar-refractivity contribution in [1.29, 1.82) is 0 Å². The van der Waals surface area contributed by atoms with Crippen LogP contribution in [0.15, 0.2) is 28.8 Å². The van der Waals surface area contributed by atoms with Crippen LogP contribution in [0.2, 0.25) is 0 Å². The Bertz CT molecular complexity index is 793. The Morgan fingerprint density at radius 3 is 2.79 bits per heavy atom. The SMILES string of the molecule is CN(CCCN1CCOCC1)C(=O)c1cc(COc2ccc(F)c(F)c2)on1. The summed E-state index contributed by atoms with van der Waals surface area (Å²) >= 11 is 0. The Kier molecular flexibility index (Phi) is 6.94. The normalized spacial score (nSPS) is 14.8. The molecule has 0 N–H and O–H groups in total. The molecule has 0 unspecified atom stereocenters. The van der Waals surface area contributed by atoms with E-state index in [1.165, 1.54) is 12.1 Å². The molecule has 1 aliphatic heterocycles. The third-order valence-corrected chi connectivity index (χ3v) is 4.47. The monoisotopic (exact) mass is 395 g/mol. The van der Waals surface area contributed by atoms with Crippen LogP contribution in [0.1, 0.15) is 22.7 Å². The predicted molar refractivity (Wildman–Crippen MR) is 96.0 cm³/mol. The van der Waals surface area contributed by atoms with Crippen LogP contribution in [-0.2, 0) is 11.3 Å². The molecule has 0 atom stereocenters. The number of ether oxygens (including phenoxy) is 2. The van der Waals surface area contributed by atoms with Gasteiger partial charge in [0.05, 0.1) is 13.2 Å². The van der Waals surface area contributed by atoms with Gasteiger partial charge in [-0.05, 0) is 18.6 Å². The maximum atomic E-state index is 13.2. The lowest BCUT2D eigenvalue weighted by Gasteiger charge is -2.27. The Morgan fingerprint density at radius 1 is 1.25 bits per heavy atom. The van der Waals surface area contributed by atoms with E-state index >= 15 is 0 Å². The minimum Gasteiger partial charge on any atom is -0.485 e.